The number of para-hydroxylation sites is 1. The van der Waals surface area contributed by atoms with Crippen LogP contribution in [0.15, 0.2) is 65.1 Å². The topological polar surface area (TPSA) is 73.3 Å². The predicted octanol–water partition coefficient (Wildman–Crippen LogP) is 6.36. The minimum absolute atomic E-state index is 0.361. The Bertz CT molecular complexity index is 1360. The Morgan fingerprint density at radius 3 is 2.59 bits per heavy atom. The molecule has 0 unspecified atom stereocenters. The fraction of sp³-hybridized carbons (Fsp3) is 0.167. The summed E-state index contributed by atoms with van der Waals surface area (Å²) in [6, 6.07) is 19.1. The zero-order valence-electron chi connectivity index (χ0n) is 18.5. The number of nitrogens with one attached hydrogen (secondary N) is 2. The highest BCUT2D eigenvalue weighted by Crippen LogP contribution is 2.37. The molecule has 1 heterocycles. The molecule has 0 aliphatic carbocycles. The molecule has 0 fully saturated rings. The summed E-state index contributed by atoms with van der Waals surface area (Å²) in [5, 5.41) is 7.87. The van der Waals surface area contributed by atoms with Crippen LogP contribution in [0.25, 0.3) is 11.4 Å². The lowest BCUT2D eigenvalue weighted by atomic mass is 10.2. The molecule has 0 atom stereocenters. The van der Waals surface area contributed by atoms with Crippen molar-refractivity contribution >= 4 is 39.7 Å². The standard InChI is InChI=1S/C24H22BrClN4O3S/c1-31-20-9-4-3-8-18(20)23-28-29-24(34)30(23)27-13-16-11-19(25)22(21(12-16)32-2)33-14-15-6-5-7-17(26)10-15/h3-12,27H,13-14H2,1-2H3,(H,29,34). The fourth-order valence-electron chi connectivity index (χ4n) is 3.42. The summed E-state index contributed by atoms with van der Waals surface area (Å²) >= 11 is 15.1. The van der Waals surface area contributed by atoms with Crippen LogP contribution >= 0.6 is 39.7 Å². The number of rotatable bonds is 9. The third-order valence-corrected chi connectivity index (χ3v) is 6.12. The monoisotopic (exact) mass is 560 g/mol. The SMILES string of the molecule is COc1ccccc1-c1n[nH]c(=S)n1NCc1cc(Br)c(OCc2cccc(Cl)c2)c(OC)c1. The first-order chi connectivity index (χ1) is 16.5. The second-order valence-corrected chi connectivity index (χ2v) is 8.93. The summed E-state index contributed by atoms with van der Waals surface area (Å²) in [7, 11) is 3.23. The lowest BCUT2D eigenvalue weighted by Gasteiger charge is -2.16. The van der Waals surface area contributed by atoms with E-state index in [-0.39, 0.29) is 0 Å². The lowest BCUT2D eigenvalue weighted by molar-refractivity contribution is 0.282. The number of H-pyrrole nitrogens is 1. The molecule has 0 saturated carbocycles. The van der Waals surface area contributed by atoms with Crippen LogP contribution < -0.4 is 19.6 Å². The van der Waals surface area contributed by atoms with Gasteiger partial charge in [-0.25, -0.2) is 9.77 Å². The van der Waals surface area contributed by atoms with Crippen molar-refractivity contribution in [2.45, 2.75) is 13.2 Å². The van der Waals surface area contributed by atoms with Gasteiger partial charge in [-0.1, -0.05) is 35.9 Å². The predicted molar refractivity (Wildman–Crippen MR) is 139 cm³/mol. The van der Waals surface area contributed by atoms with Crippen LogP contribution in [0.5, 0.6) is 17.2 Å². The minimum Gasteiger partial charge on any atom is -0.496 e. The van der Waals surface area contributed by atoms with E-state index in [1.165, 1.54) is 0 Å². The van der Waals surface area contributed by atoms with Crippen molar-refractivity contribution < 1.29 is 14.2 Å². The molecule has 0 radical (unpaired) electrons. The molecule has 0 spiro atoms. The van der Waals surface area contributed by atoms with Gasteiger partial charge in [0.05, 0.1) is 30.8 Å². The molecule has 4 aromatic rings. The number of benzene rings is 3. The number of methoxy groups -OCH3 is 2. The number of nitrogens with zero attached hydrogens (tertiary/aromatic N) is 2. The number of hydrogen-bond donors (Lipinski definition) is 2. The Morgan fingerprint density at radius 2 is 1.82 bits per heavy atom. The Hall–Kier alpha value is -3.01. The lowest BCUT2D eigenvalue weighted by Crippen LogP contribution is -2.16. The molecule has 0 bridgehead atoms. The first kappa shape index (κ1) is 24.1. The van der Waals surface area contributed by atoms with Crippen molar-refractivity contribution in [3.8, 4) is 28.6 Å². The summed E-state index contributed by atoms with van der Waals surface area (Å²) in [5.74, 6) is 2.54. The molecule has 0 saturated heterocycles. The third-order valence-electron chi connectivity index (χ3n) is 5.02. The van der Waals surface area contributed by atoms with Crippen LogP contribution in [0.3, 0.4) is 0 Å². The zero-order valence-corrected chi connectivity index (χ0v) is 21.6. The van der Waals surface area contributed by atoms with E-state index in [0.29, 0.717) is 46.0 Å². The quantitative estimate of drug-likeness (QED) is 0.232. The molecule has 34 heavy (non-hydrogen) atoms. The summed E-state index contributed by atoms with van der Waals surface area (Å²) in [6.07, 6.45) is 0. The highest BCUT2D eigenvalue weighted by molar-refractivity contribution is 9.10. The Morgan fingerprint density at radius 1 is 1.03 bits per heavy atom. The molecule has 2 N–H and O–H groups in total. The first-order valence-corrected chi connectivity index (χ1v) is 11.9. The van der Waals surface area contributed by atoms with Crippen LogP contribution in [-0.4, -0.2) is 29.1 Å². The van der Waals surface area contributed by atoms with E-state index in [9.17, 15) is 0 Å². The minimum atomic E-state index is 0.361. The largest absolute Gasteiger partial charge is 0.496 e. The van der Waals surface area contributed by atoms with Gasteiger partial charge in [-0.3, -0.25) is 0 Å². The summed E-state index contributed by atoms with van der Waals surface area (Å²) in [5.41, 5.74) is 6.05. The van der Waals surface area contributed by atoms with Crippen molar-refractivity contribution in [2.24, 2.45) is 0 Å². The van der Waals surface area contributed by atoms with Gasteiger partial charge in [0.1, 0.15) is 12.4 Å². The van der Waals surface area contributed by atoms with Crippen LogP contribution in [0.4, 0.5) is 0 Å². The molecule has 4 rings (SSSR count). The van der Waals surface area contributed by atoms with Gasteiger partial charge in [0, 0.05) is 5.02 Å². The maximum Gasteiger partial charge on any atom is 0.214 e. The molecule has 0 amide bonds. The molecule has 1 aromatic heterocycles. The van der Waals surface area contributed by atoms with E-state index in [1.54, 1.807) is 18.9 Å². The molecule has 7 nitrogen and oxygen atoms in total. The van der Waals surface area contributed by atoms with Crippen molar-refractivity contribution in [3.63, 3.8) is 0 Å². The van der Waals surface area contributed by atoms with Gasteiger partial charge in [-0.2, -0.15) is 5.10 Å². The Balaban J connectivity index is 1.54. The van der Waals surface area contributed by atoms with Gasteiger partial charge in [0.25, 0.3) is 0 Å². The highest BCUT2D eigenvalue weighted by Gasteiger charge is 2.15. The van der Waals surface area contributed by atoms with Gasteiger partial charge in [0.2, 0.25) is 4.77 Å². The Kier molecular flexibility index (Phi) is 7.77. The van der Waals surface area contributed by atoms with E-state index in [0.717, 1.165) is 21.2 Å². The fourth-order valence-corrected chi connectivity index (χ4v) is 4.44. The van der Waals surface area contributed by atoms with Crippen molar-refractivity contribution in [3.05, 3.63) is 86.1 Å². The molecule has 0 aliphatic rings. The van der Waals surface area contributed by atoms with Crippen molar-refractivity contribution in [2.75, 3.05) is 19.6 Å². The summed E-state index contributed by atoms with van der Waals surface area (Å²) in [4.78, 5) is 0. The van der Waals surface area contributed by atoms with Crippen LogP contribution in [-0.2, 0) is 13.2 Å². The smallest absolute Gasteiger partial charge is 0.214 e. The van der Waals surface area contributed by atoms with Gasteiger partial charge in [-0.15, -0.1) is 0 Å². The number of ether oxygens (including phenoxy) is 3. The molecular formula is C24H22BrClN4O3S. The third kappa shape index (κ3) is 5.38. The first-order valence-electron chi connectivity index (χ1n) is 10.3. The number of aromatic amines is 1. The average molecular weight is 562 g/mol. The number of aromatic nitrogens is 3. The van der Waals surface area contributed by atoms with Crippen molar-refractivity contribution in [1.29, 1.82) is 0 Å². The van der Waals surface area contributed by atoms with Gasteiger partial charge < -0.3 is 19.6 Å². The molecule has 3 aromatic carbocycles. The van der Waals surface area contributed by atoms with E-state index in [4.69, 9.17) is 38.0 Å². The second-order valence-electron chi connectivity index (χ2n) is 7.25. The maximum absolute atomic E-state index is 6.07. The normalized spacial score (nSPS) is 10.7. The van der Waals surface area contributed by atoms with E-state index in [2.05, 4.69) is 31.6 Å². The highest BCUT2D eigenvalue weighted by atomic mass is 79.9. The number of hydrogen-bond acceptors (Lipinski definition) is 6. The second kappa shape index (κ2) is 10.9. The van der Waals surface area contributed by atoms with Crippen LogP contribution in [0.1, 0.15) is 11.1 Å². The zero-order chi connectivity index (χ0) is 24.1. The molecular weight excluding hydrogens is 540 g/mol. The van der Waals surface area contributed by atoms with Gasteiger partial charge in [0.15, 0.2) is 17.3 Å². The molecule has 176 valence electrons. The van der Waals surface area contributed by atoms with Crippen molar-refractivity contribution in [1.82, 2.24) is 14.9 Å². The molecule has 10 heteroatoms. The maximum atomic E-state index is 6.07. The van der Waals surface area contributed by atoms with Gasteiger partial charge in [-0.05, 0) is 75.7 Å². The van der Waals surface area contributed by atoms with E-state index >= 15 is 0 Å². The van der Waals surface area contributed by atoms with Crippen LogP contribution in [0, 0.1) is 4.77 Å². The van der Waals surface area contributed by atoms with E-state index < -0.39 is 0 Å². The summed E-state index contributed by atoms with van der Waals surface area (Å²) < 4.78 is 20.0. The average Bonchev–Trinajstić information content (AvgIpc) is 3.21. The summed E-state index contributed by atoms with van der Waals surface area (Å²) in [6.45, 7) is 0.819. The van der Waals surface area contributed by atoms with E-state index in [1.807, 2.05) is 60.7 Å². The van der Waals surface area contributed by atoms with Crippen LogP contribution in [0.2, 0.25) is 5.02 Å². The molecule has 0 aliphatic heterocycles. The number of halogens is 2. The van der Waals surface area contributed by atoms with Gasteiger partial charge >= 0.3 is 0 Å². The Labute approximate surface area is 215 Å².